The topological polar surface area (TPSA) is 78.5 Å². The average Bonchev–Trinajstić information content (AvgIpc) is 3.15. The summed E-state index contributed by atoms with van der Waals surface area (Å²) < 4.78 is 26.9. The summed E-state index contributed by atoms with van der Waals surface area (Å²) in [5.41, 5.74) is 5.60. The summed E-state index contributed by atoms with van der Waals surface area (Å²) in [5.74, 6) is -0.859. The lowest BCUT2D eigenvalue weighted by molar-refractivity contribution is 0.510. The third-order valence-corrected chi connectivity index (χ3v) is 5.14. The maximum atomic E-state index is 13.5. The second-order valence-corrected chi connectivity index (χ2v) is 7.24. The molecule has 3 aromatic carbocycles. The van der Waals surface area contributed by atoms with Crippen molar-refractivity contribution in [3.63, 3.8) is 0 Å². The van der Waals surface area contributed by atoms with Crippen LogP contribution in [0.5, 0.6) is 0 Å². The molecule has 0 amide bonds. The van der Waals surface area contributed by atoms with E-state index in [4.69, 9.17) is 0 Å². The molecule has 31 heavy (non-hydrogen) atoms. The van der Waals surface area contributed by atoms with E-state index in [-0.39, 0.29) is 0 Å². The van der Waals surface area contributed by atoms with E-state index in [0.717, 1.165) is 45.4 Å². The molecule has 0 aliphatic rings. The van der Waals surface area contributed by atoms with Crippen LogP contribution in [0.15, 0.2) is 54.7 Å². The molecular formula is C23H18F2N6. The van der Waals surface area contributed by atoms with Crippen molar-refractivity contribution in [2.45, 2.75) is 6.92 Å². The summed E-state index contributed by atoms with van der Waals surface area (Å²) in [5, 5.41) is 7.06. The van der Waals surface area contributed by atoms with Crippen LogP contribution in [0, 0.1) is 18.6 Å². The molecule has 6 nitrogen and oxygen atoms in total. The van der Waals surface area contributed by atoms with Gasteiger partial charge in [-0.2, -0.15) is 0 Å². The quantitative estimate of drug-likeness (QED) is 0.358. The number of hydrogen-bond donors (Lipinski definition) is 3. The maximum absolute atomic E-state index is 13.5. The molecule has 0 bridgehead atoms. The highest BCUT2D eigenvalue weighted by Crippen LogP contribution is 2.30. The van der Waals surface area contributed by atoms with Gasteiger partial charge >= 0.3 is 0 Å². The van der Waals surface area contributed by atoms with Crippen LogP contribution < -0.4 is 10.6 Å². The van der Waals surface area contributed by atoms with Crippen molar-refractivity contribution in [2.24, 2.45) is 0 Å². The Bertz CT molecular complexity index is 1400. The molecule has 8 heteroatoms. The number of imidazole rings is 1. The van der Waals surface area contributed by atoms with Gasteiger partial charge in [0, 0.05) is 36.5 Å². The van der Waals surface area contributed by atoms with E-state index < -0.39 is 11.6 Å². The van der Waals surface area contributed by atoms with Crippen LogP contribution in [0.4, 0.5) is 26.4 Å². The van der Waals surface area contributed by atoms with Crippen LogP contribution >= 0.6 is 0 Å². The van der Waals surface area contributed by atoms with Gasteiger partial charge in [-0.15, -0.1) is 0 Å². The molecule has 0 radical (unpaired) electrons. The number of aromatic nitrogens is 4. The maximum Gasteiger partial charge on any atom is 0.222 e. The number of fused-ring (bicyclic) bond motifs is 2. The second kappa shape index (κ2) is 7.32. The van der Waals surface area contributed by atoms with Crippen LogP contribution in [-0.2, 0) is 0 Å². The Morgan fingerprint density at radius 2 is 1.74 bits per heavy atom. The van der Waals surface area contributed by atoms with E-state index >= 15 is 0 Å². The molecule has 2 heterocycles. The number of halogens is 2. The first-order valence-corrected chi connectivity index (χ1v) is 9.67. The Morgan fingerprint density at radius 3 is 2.58 bits per heavy atom. The minimum atomic E-state index is -0.926. The molecular weight excluding hydrogens is 398 g/mol. The Morgan fingerprint density at radius 1 is 0.903 bits per heavy atom. The Balaban J connectivity index is 1.50. The molecule has 0 spiro atoms. The number of benzene rings is 3. The fraction of sp³-hybridized carbons (Fsp3) is 0.0870. The van der Waals surface area contributed by atoms with Crippen molar-refractivity contribution in [2.75, 3.05) is 17.7 Å². The molecule has 2 aromatic heterocycles. The highest BCUT2D eigenvalue weighted by Gasteiger charge is 2.10. The molecule has 0 fully saturated rings. The van der Waals surface area contributed by atoms with Gasteiger partial charge in [-0.3, -0.25) is 0 Å². The molecule has 0 aliphatic heterocycles. The summed E-state index contributed by atoms with van der Waals surface area (Å²) in [6, 6.07) is 14.1. The van der Waals surface area contributed by atoms with E-state index in [2.05, 4.69) is 30.6 Å². The van der Waals surface area contributed by atoms with Crippen molar-refractivity contribution in [1.82, 2.24) is 19.9 Å². The van der Waals surface area contributed by atoms with Gasteiger partial charge < -0.3 is 15.6 Å². The minimum Gasteiger partial charge on any atom is -0.357 e. The first-order valence-electron chi connectivity index (χ1n) is 9.67. The largest absolute Gasteiger partial charge is 0.357 e. The van der Waals surface area contributed by atoms with Gasteiger partial charge in [-0.1, -0.05) is 12.1 Å². The number of nitrogens with zero attached hydrogens (tertiary/aromatic N) is 3. The summed E-state index contributed by atoms with van der Waals surface area (Å²) in [6.07, 6.45) is 1.79. The second-order valence-electron chi connectivity index (χ2n) is 7.24. The fourth-order valence-corrected chi connectivity index (χ4v) is 3.53. The van der Waals surface area contributed by atoms with Crippen molar-refractivity contribution < 1.29 is 8.78 Å². The predicted molar refractivity (Wildman–Crippen MR) is 119 cm³/mol. The van der Waals surface area contributed by atoms with Gasteiger partial charge in [-0.25, -0.2) is 23.7 Å². The Hall–Kier alpha value is -4.07. The lowest BCUT2D eigenvalue weighted by Crippen LogP contribution is -1.96. The molecule has 0 unspecified atom stereocenters. The van der Waals surface area contributed by atoms with Crippen LogP contribution in [0.25, 0.3) is 33.1 Å². The van der Waals surface area contributed by atoms with E-state index in [1.807, 2.05) is 43.3 Å². The zero-order valence-electron chi connectivity index (χ0n) is 16.8. The standard InChI is InChI=1S/C23H18F2N6/c1-12-3-5-15(28-23-30-20-9-17(24)18(25)10-21(20)31-23)8-16(12)13-4-6-19-14(7-13)11-27-22(26-2)29-19/h3-11H,1-2H3,(H,26,27,29)(H2,28,30,31). The number of anilines is 3. The Labute approximate surface area is 176 Å². The number of aromatic amines is 1. The first-order chi connectivity index (χ1) is 15.0. The molecule has 5 rings (SSSR count). The summed E-state index contributed by atoms with van der Waals surface area (Å²) in [7, 11) is 1.78. The molecule has 154 valence electrons. The van der Waals surface area contributed by atoms with Gasteiger partial charge in [-0.05, 0) is 47.9 Å². The lowest BCUT2D eigenvalue weighted by Gasteiger charge is -2.11. The molecule has 0 atom stereocenters. The van der Waals surface area contributed by atoms with Crippen molar-refractivity contribution >= 4 is 39.5 Å². The van der Waals surface area contributed by atoms with Gasteiger partial charge in [0.2, 0.25) is 11.9 Å². The predicted octanol–water partition coefficient (Wildman–Crippen LogP) is 5.55. The molecule has 0 saturated heterocycles. The highest BCUT2D eigenvalue weighted by molar-refractivity contribution is 5.86. The van der Waals surface area contributed by atoms with Crippen LogP contribution in [0.2, 0.25) is 0 Å². The van der Waals surface area contributed by atoms with E-state index in [9.17, 15) is 8.78 Å². The van der Waals surface area contributed by atoms with E-state index in [1.165, 1.54) is 0 Å². The smallest absolute Gasteiger partial charge is 0.222 e. The average molecular weight is 416 g/mol. The summed E-state index contributed by atoms with van der Waals surface area (Å²) >= 11 is 0. The van der Waals surface area contributed by atoms with Crippen molar-refractivity contribution in [3.05, 3.63) is 71.9 Å². The summed E-state index contributed by atoms with van der Waals surface area (Å²) in [6.45, 7) is 2.04. The SMILES string of the molecule is CNc1ncc2cc(-c3cc(Nc4nc5cc(F)c(F)cc5[nH]4)ccc3C)ccc2n1. The zero-order chi connectivity index (χ0) is 21.5. The Kier molecular flexibility index (Phi) is 4.47. The van der Waals surface area contributed by atoms with Gasteiger partial charge in [0.05, 0.1) is 16.6 Å². The molecule has 3 N–H and O–H groups in total. The molecule has 0 saturated carbocycles. The minimum absolute atomic E-state index is 0.351. The first kappa shape index (κ1) is 18.9. The van der Waals surface area contributed by atoms with Crippen LogP contribution in [0.1, 0.15) is 5.56 Å². The van der Waals surface area contributed by atoms with Crippen molar-refractivity contribution in [3.8, 4) is 11.1 Å². The van der Waals surface area contributed by atoms with Gasteiger partial charge in [0.15, 0.2) is 11.6 Å². The third kappa shape index (κ3) is 3.52. The van der Waals surface area contributed by atoms with Crippen LogP contribution in [0.3, 0.4) is 0 Å². The van der Waals surface area contributed by atoms with E-state index in [1.54, 1.807) is 13.2 Å². The zero-order valence-corrected chi connectivity index (χ0v) is 16.8. The normalized spacial score (nSPS) is 11.2. The van der Waals surface area contributed by atoms with Gasteiger partial charge in [0.25, 0.3) is 0 Å². The van der Waals surface area contributed by atoms with Gasteiger partial charge in [0.1, 0.15) is 0 Å². The van der Waals surface area contributed by atoms with E-state index in [0.29, 0.717) is 22.9 Å². The van der Waals surface area contributed by atoms with Crippen LogP contribution in [-0.4, -0.2) is 27.0 Å². The monoisotopic (exact) mass is 416 g/mol. The summed E-state index contributed by atoms with van der Waals surface area (Å²) in [4.78, 5) is 16.0. The lowest BCUT2D eigenvalue weighted by atomic mass is 9.98. The number of H-pyrrole nitrogens is 1. The molecule has 0 aliphatic carbocycles. The third-order valence-electron chi connectivity index (χ3n) is 5.14. The highest BCUT2D eigenvalue weighted by atomic mass is 19.2. The molecule has 5 aromatic rings. The fourth-order valence-electron chi connectivity index (χ4n) is 3.53. The number of aryl methyl sites for hydroxylation is 1. The number of rotatable bonds is 4. The number of hydrogen-bond acceptors (Lipinski definition) is 5. The van der Waals surface area contributed by atoms with Crippen molar-refractivity contribution in [1.29, 1.82) is 0 Å². The number of nitrogens with one attached hydrogen (secondary N) is 3.